The van der Waals surface area contributed by atoms with Gasteiger partial charge in [0.05, 0.1) is 23.3 Å². The van der Waals surface area contributed by atoms with Gasteiger partial charge >= 0.3 is 0 Å². The number of pyridine rings is 1. The fraction of sp³-hybridized carbons (Fsp3) is 0.235. The van der Waals surface area contributed by atoms with Gasteiger partial charge in [0.2, 0.25) is 0 Å². The SMILES string of the molecule is COc1ccc(C)c(Nc2c(Br)cc(C)c3ccnn23)c1C. The van der Waals surface area contributed by atoms with Gasteiger partial charge in [-0.1, -0.05) is 6.07 Å². The number of benzene rings is 1. The second-order valence-electron chi connectivity index (χ2n) is 5.36. The zero-order valence-corrected chi connectivity index (χ0v) is 14.7. The van der Waals surface area contributed by atoms with E-state index < -0.39 is 0 Å². The van der Waals surface area contributed by atoms with Gasteiger partial charge in [-0.2, -0.15) is 5.10 Å². The molecule has 1 aromatic carbocycles. The minimum absolute atomic E-state index is 0.869. The van der Waals surface area contributed by atoms with Gasteiger partial charge in [0, 0.05) is 11.3 Å². The van der Waals surface area contributed by atoms with E-state index in [0.29, 0.717) is 0 Å². The summed E-state index contributed by atoms with van der Waals surface area (Å²) >= 11 is 3.64. The van der Waals surface area contributed by atoms with Crippen molar-refractivity contribution in [2.24, 2.45) is 0 Å². The summed E-state index contributed by atoms with van der Waals surface area (Å²) in [5.41, 5.74) is 5.54. The molecule has 1 N–H and O–H groups in total. The third kappa shape index (κ3) is 2.35. The Morgan fingerprint density at radius 1 is 1.14 bits per heavy atom. The molecule has 0 radical (unpaired) electrons. The van der Waals surface area contributed by atoms with Crippen molar-refractivity contribution in [1.29, 1.82) is 0 Å². The highest BCUT2D eigenvalue weighted by atomic mass is 79.9. The molecule has 0 amide bonds. The zero-order chi connectivity index (χ0) is 15.9. The van der Waals surface area contributed by atoms with Crippen molar-refractivity contribution in [2.75, 3.05) is 12.4 Å². The number of anilines is 2. The second kappa shape index (κ2) is 5.65. The molecule has 0 spiro atoms. The molecule has 0 aliphatic heterocycles. The summed E-state index contributed by atoms with van der Waals surface area (Å²) in [5, 5.41) is 7.94. The van der Waals surface area contributed by atoms with Crippen LogP contribution in [-0.2, 0) is 0 Å². The van der Waals surface area contributed by atoms with E-state index in [2.05, 4.69) is 59.2 Å². The van der Waals surface area contributed by atoms with Crippen molar-refractivity contribution in [2.45, 2.75) is 20.8 Å². The van der Waals surface area contributed by atoms with E-state index in [1.54, 1.807) is 7.11 Å². The van der Waals surface area contributed by atoms with E-state index in [9.17, 15) is 0 Å². The number of hydrogen-bond acceptors (Lipinski definition) is 3. The molecular weight excluding hydrogens is 342 g/mol. The summed E-state index contributed by atoms with van der Waals surface area (Å²) in [6.07, 6.45) is 1.81. The summed E-state index contributed by atoms with van der Waals surface area (Å²) in [6.45, 7) is 6.21. The number of nitrogens with one attached hydrogen (secondary N) is 1. The van der Waals surface area contributed by atoms with Gasteiger partial charge in [-0.05, 0) is 66.0 Å². The summed E-state index contributed by atoms with van der Waals surface area (Å²) < 4.78 is 8.32. The van der Waals surface area contributed by atoms with Gasteiger partial charge < -0.3 is 10.1 Å². The lowest BCUT2D eigenvalue weighted by Gasteiger charge is -2.17. The second-order valence-corrected chi connectivity index (χ2v) is 6.22. The van der Waals surface area contributed by atoms with Gasteiger partial charge in [-0.15, -0.1) is 0 Å². The molecule has 0 saturated carbocycles. The Kier molecular flexibility index (Phi) is 3.83. The van der Waals surface area contributed by atoms with Gasteiger partial charge in [0.15, 0.2) is 0 Å². The van der Waals surface area contributed by atoms with E-state index >= 15 is 0 Å². The molecule has 0 aliphatic rings. The number of ether oxygens (including phenoxy) is 1. The number of methoxy groups -OCH3 is 1. The molecule has 0 bridgehead atoms. The Morgan fingerprint density at radius 2 is 1.91 bits per heavy atom. The molecule has 2 aromatic heterocycles. The third-order valence-corrected chi connectivity index (χ3v) is 4.52. The Labute approximate surface area is 138 Å². The molecule has 0 fully saturated rings. The highest BCUT2D eigenvalue weighted by Crippen LogP contribution is 2.34. The predicted octanol–water partition coefficient (Wildman–Crippen LogP) is 4.77. The molecule has 3 aromatic rings. The zero-order valence-electron chi connectivity index (χ0n) is 13.1. The van der Waals surface area contributed by atoms with Crippen LogP contribution < -0.4 is 10.1 Å². The Morgan fingerprint density at radius 3 is 2.64 bits per heavy atom. The summed E-state index contributed by atoms with van der Waals surface area (Å²) in [7, 11) is 1.69. The number of fused-ring (bicyclic) bond motifs is 1. The maximum absolute atomic E-state index is 5.43. The maximum atomic E-state index is 5.43. The molecule has 22 heavy (non-hydrogen) atoms. The van der Waals surface area contributed by atoms with E-state index in [4.69, 9.17) is 4.74 Å². The van der Waals surface area contributed by atoms with Crippen LogP contribution in [0, 0.1) is 20.8 Å². The Hall–Kier alpha value is -2.01. The minimum atomic E-state index is 0.869. The predicted molar refractivity (Wildman–Crippen MR) is 93.4 cm³/mol. The largest absolute Gasteiger partial charge is 0.496 e. The van der Waals surface area contributed by atoms with Crippen LogP contribution in [-0.4, -0.2) is 16.7 Å². The minimum Gasteiger partial charge on any atom is -0.496 e. The number of rotatable bonds is 3. The van der Waals surface area contributed by atoms with Crippen molar-refractivity contribution in [3.05, 3.63) is 51.6 Å². The van der Waals surface area contributed by atoms with Crippen molar-refractivity contribution in [3.63, 3.8) is 0 Å². The Balaban J connectivity index is 2.17. The lowest BCUT2D eigenvalue weighted by Crippen LogP contribution is -2.05. The van der Waals surface area contributed by atoms with Crippen LogP contribution in [0.5, 0.6) is 5.75 Å². The molecule has 114 valence electrons. The van der Waals surface area contributed by atoms with E-state index in [1.165, 1.54) is 5.56 Å². The van der Waals surface area contributed by atoms with Crippen LogP contribution >= 0.6 is 15.9 Å². The van der Waals surface area contributed by atoms with Gasteiger partial charge in [0.1, 0.15) is 11.6 Å². The van der Waals surface area contributed by atoms with Crippen molar-refractivity contribution < 1.29 is 4.74 Å². The van der Waals surface area contributed by atoms with Crippen LogP contribution in [0.25, 0.3) is 5.52 Å². The molecule has 0 atom stereocenters. The van der Waals surface area contributed by atoms with E-state index in [0.717, 1.165) is 38.4 Å². The topological polar surface area (TPSA) is 38.6 Å². The quantitative estimate of drug-likeness (QED) is 0.731. The van der Waals surface area contributed by atoms with Crippen molar-refractivity contribution >= 4 is 33.0 Å². The fourth-order valence-electron chi connectivity index (χ4n) is 2.69. The molecule has 2 heterocycles. The number of aromatic nitrogens is 2. The fourth-order valence-corrected chi connectivity index (χ4v) is 3.30. The monoisotopic (exact) mass is 359 g/mol. The van der Waals surface area contributed by atoms with E-state index in [1.807, 2.05) is 22.8 Å². The smallest absolute Gasteiger partial charge is 0.146 e. The highest BCUT2D eigenvalue weighted by molar-refractivity contribution is 9.10. The lowest BCUT2D eigenvalue weighted by atomic mass is 10.1. The van der Waals surface area contributed by atoms with Crippen LogP contribution in [0.1, 0.15) is 16.7 Å². The number of hydrogen-bond donors (Lipinski definition) is 1. The molecule has 5 heteroatoms. The summed E-state index contributed by atoms with van der Waals surface area (Å²) in [4.78, 5) is 0. The molecule has 0 saturated heterocycles. The summed E-state index contributed by atoms with van der Waals surface area (Å²) in [6, 6.07) is 8.16. The Bertz CT molecular complexity index is 855. The van der Waals surface area contributed by atoms with Crippen LogP contribution in [0.3, 0.4) is 0 Å². The average molecular weight is 360 g/mol. The molecule has 4 nitrogen and oxygen atoms in total. The van der Waals surface area contributed by atoms with Gasteiger partial charge in [-0.3, -0.25) is 0 Å². The number of aryl methyl sites for hydroxylation is 2. The number of halogens is 1. The van der Waals surface area contributed by atoms with Crippen LogP contribution in [0.15, 0.2) is 34.9 Å². The molecule has 0 unspecified atom stereocenters. The number of nitrogens with zero attached hydrogens (tertiary/aromatic N) is 2. The van der Waals surface area contributed by atoms with Crippen molar-refractivity contribution in [3.8, 4) is 5.75 Å². The first-order valence-electron chi connectivity index (χ1n) is 7.07. The molecule has 3 rings (SSSR count). The molecular formula is C17H18BrN3O. The van der Waals surface area contributed by atoms with Crippen LogP contribution in [0.4, 0.5) is 11.5 Å². The van der Waals surface area contributed by atoms with Crippen LogP contribution in [0.2, 0.25) is 0 Å². The van der Waals surface area contributed by atoms with Gasteiger partial charge in [0.25, 0.3) is 0 Å². The van der Waals surface area contributed by atoms with E-state index in [-0.39, 0.29) is 0 Å². The first kappa shape index (κ1) is 14.9. The maximum Gasteiger partial charge on any atom is 0.146 e. The van der Waals surface area contributed by atoms with Gasteiger partial charge in [-0.25, -0.2) is 4.52 Å². The average Bonchev–Trinajstić information content (AvgIpc) is 2.96. The normalized spacial score (nSPS) is 11.0. The first-order valence-corrected chi connectivity index (χ1v) is 7.86. The highest BCUT2D eigenvalue weighted by Gasteiger charge is 2.14. The standard InChI is InChI=1S/C17H18BrN3O/c1-10-5-6-15(22-4)12(3)16(10)20-17-13(18)9-11(2)14-7-8-19-21(14)17/h5-9,20H,1-4H3. The first-order chi connectivity index (χ1) is 10.5. The molecule has 0 aliphatic carbocycles. The van der Waals surface area contributed by atoms with Crippen molar-refractivity contribution in [1.82, 2.24) is 9.61 Å². The lowest BCUT2D eigenvalue weighted by molar-refractivity contribution is 0.412. The summed E-state index contributed by atoms with van der Waals surface area (Å²) in [5.74, 6) is 1.78. The third-order valence-electron chi connectivity index (χ3n) is 3.91.